The number of methoxy groups -OCH3 is 1. The molecule has 1 atom stereocenters. The fourth-order valence-electron chi connectivity index (χ4n) is 6.07. The molecule has 9 heteroatoms. The van der Waals surface area contributed by atoms with Crippen LogP contribution in [0.1, 0.15) is 48.8 Å². The maximum Gasteiger partial charge on any atom is 0.264 e. The number of carbonyl (C=O) groups is 2. The molecule has 0 bridgehead atoms. The Labute approximate surface area is 278 Å². The zero-order valence-electron chi connectivity index (χ0n) is 27.0. The third kappa shape index (κ3) is 8.60. The predicted molar refractivity (Wildman–Crippen MR) is 185 cm³/mol. The molecule has 0 saturated heterocycles. The van der Waals surface area contributed by atoms with E-state index in [1.807, 2.05) is 61.5 Å². The van der Waals surface area contributed by atoms with Gasteiger partial charge in [0.25, 0.3) is 10.0 Å². The molecule has 0 radical (unpaired) electrons. The lowest BCUT2D eigenvalue weighted by Gasteiger charge is -2.35. The molecule has 1 N–H and O–H groups in total. The number of benzene rings is 4. The number of sulfonamides is 1. The zero-order chi connectivity index (χ0) is 33.2. The highest BCUT2D eigenvalue weighted by molar-refractivity contribution is 7.92. The Morgan fingerprint density at radius 2 is 1.45 bits per heavy atom. The van der Waals surface area contributed by atoms with Gasteiger partial charge in [-0.15, -0.1) is 0 Å². The number of nitrogens with one attached hydrogen (secondary N) is 1. The first-order chi connectivity index (χ1) is 22.8. The lowest BCUT2D eigenvalue weighted by molar-refractivity contribution is -0.140. The van der Waals surface area contributed by atoms with Crippen LogP contribution >= 0.6 is 0 Å². The van der Waals surface area contributed by atoms with Crippen LogP contribution in [0.25, 0.3) is 0 Å². The summed E-state index contributed by atoms with van der Waals surface area (Å²) in [4.78, 5) is 30.5. The monoisotopic (exact) mass is 653 g/mol. The van der Waals surface area contributed by atoms with Gasteiger partial charge in [-0.3, -0.25) is 13.9 Å². The van der Waals surface area contributed by atoms with Gasteiger partial charge in [0, 0.05) is 19.0 Å². The highest BCUT2D eigenvalue weighted by Crippen LogP contribution is 2.27. The molecule has 1 fully saturated rings. The molecule has 47 heavy (non-hydrogen) atoms. The molecule has 1 aliphatic carbocycles. The third-order valence-corrected chi connectivity index (χ3v) is 10.6. The number of aryl methyl sites for hydroxylation is 1. The Kier molecular flexibility index (Phi) is 11.3. The van der Waals surface area contributed by atoms with E-state index in [0.717, 1.165) is 53.1 Å². The van der Waals surface area contributed by atoms with Crippen LogP contribution in [0.15, 0.2) is 114 Å². The minimum Gasteiger partial charge on any atom is -0.497 e. The molecule has 2 amide bonds. The third-order valence-electron chi connectivity index (χ3n) is 8.80. The van der Waals surface area contributed by atoms with Gasteiger partial charge in [0.2, 0.25) is 11.8 Å². The van der Waals surface area contributed by atoms with Crippen molar-refractivity contribution in [3.05, 3.63) is 126 Å². The standard InChI is InChI=1S/C38H43N3O5S/c1-29-14-12-13-17-31(29)27-40(36(26-30-15-6-3-7-16-30)38(43)39-32-18-8-4-9-19-32)37(42)28-41(33-22-24-34(46-2)25-23-33)47(44,45)35-20-10-5-11-21-35/h3,5-7,10-17,20-25,32,36H,4,8-9,18-19,26-28H2,1-2H3,(H,39,43)/t36-/m0/s1. The molecule has 4 aromatic carbocycles. The van der Waals surface area contributed by atoms with E-state index >= 15 is 0 Å². The Balaban J connectivity index is 1.56. The van der Waals surface area contributed by atoms with Crippen molar-refractivity contribution in [2.75, 3.05) is 18.0 Å². The summed E-state index contributed by atoms with van der Waals surface area (Å²) in [5.74, 6) is -0.159. The highest BCUT2D eigenvalue weighted by atomic mass is 32.2. The molecule has 1 aliphatic rings. The smallest absolute Gasteiger partial charge is 0.264 e. The van der Waals surface area contributed by atoms with Crippen LogP contribution in [-0.4, -0.2) is 50.9 Å². The maximum absolute atomic E-state index is 14.7. The summed E-state index contributed by atoms with van der Waals surface area (Å²) in [6, 6.07) is 31.2. The van der Waals surface area contributed by atoms with Crippen LogP contribution in [0.2, 0.25) is 0 Å². The van der Waals surface area contributed by atoms with E-state index in [0.29, 0.717) is 11.4 Å². The number of carbonyl (C=O) groups excluding carboxylic acids is 2. The van der Waals surface area contributed by atoms with Crippen LogP contribution in [0.5, 0.6) is 5.75 Å². The molecule has 0 spiro atoms. The number of ether oxygens (including phenoxy) is 1. The first kappa shape index (κ1) is 33.7. The number of nitrogens with zero attached hydrogens (tertiary/aromatic N) is 2. The van der Waals surface area contributed by atoms with Crippen molar-refractivity contribution in [3.63, 3.8) is 0 Å². The van der Waals surface area contributed by atoms with E-state index in [1.54, 1.807) is 47.4 Å². The van der Waals surface area contributed by atoms with Crippen LogP contribution in [0.3, 0.4) is 0 Å². The second-order valence-corrected chi connectivity index (χ2v) is 13.9. The Hall–Kier alpha value is -4.63. The minimum atomic E-state index is -4.17. The van der Waals surface area contributed by atoms with Gasteiger partial charge in [-0.2, -0.15) is 0 Å². The topological polar surface area (TPSA) is 96.0 Å². The zero-order valence-corrected chi connectivity index (χ0v) is 27.9. The number of hydrogen-bond donors (Lipinski definition) is 1. The number of hydrogen-bond acceptors (Lipinski definition) is 5. The van der Waals surface area contributed by atoms with Gasteiger partial charge in [0.15, 0.2) is 0 Å². The van der Waals surface area contributed by atoms with Crippen molar-refractivity contribution >= 4 is 27.5 Å². The summed E-state index contributed by atoms with van der Waals surface area (Å²) in [5.41, 5.74) is 3.07. The normalized spacial score (nSPS) is 14.2. The van der Waals surface area contributed by atoms with Gasteiger partial charge in [0.1, 0.15) is 18.3 Å². The molecule has 5 rings (SSSR count). The van der Waals surface area contributed by atoms with Gasteiger partial charge in [0.05, 0.1) is 17.7 Å². The van der Waals surface area contributed by atoms with Gasteiger partial charge in [-0.1, -0.05) is 92.1 Å². The van der Waals surface area contributed by atoms with Crippen LogP contribution in [0, 0.1) is 6.92 Å². The molecule has 246 valence electrons. The predicted octanol–water partition coefficient (Wildman–Crippen LogP) is 6.29. The first-order valence-electron chi connectivity index (χ1n) is 16.2. The SMILES string of the molecule is COc1ccc(N(CC(=O)N(Cc2ccccc2C)[C@@H](Cc2ccccc2)C(=O)NC2CCCCC2)S(=O)(=O)c2ccccc2)cc1. The second kappa shape index (κ2) is 15.8. The Morgan fingerprint density at radius 1 is 0.830 bits per heavy atom. The van der Waals surface area contributed by atoms with Crippen LogP contribution < -0.4 is 14.4 Å². The Morgan fingerprint density at radius 3 is 2.09 bits per heavy atom. The Bertz CT molecular complexity index is 1720. The summed E-state index contributed by atoms with van der Waals surface area (Å²) in [5, 5.41) is 3.25. The van der Waals surface area contributed by atoms with E-state index < -0.39 is 28.5 Å². The molecule has 0 aliphatic heterocycles. The average Bonchev–Trinajstić information content (AvgIpc) is 3.10. The van der Waals surface area contributed by atoms with Crippen LogP contribution in [-0.2, 0) is 32.6 Å². The van der Waals surface area contributed by atoms with Crippen molar-refractivity contribution in [1.29, 1.82) is 0 Å². The quantitative estimate of drug-likeness (QED) is 0.183. The molecule has 0 unspecified atom stereocenters. The lowest BCUT2D eigenvalue weighted by Crippen LogP contribution is -2.55. The summed E-state index contributed by atoms with van der Waals surface area (Å²) in [6.45, 7) is 1.61. The van der Waals surface area contributed by atoms with Crippen molar-refractivity contribution in [2.45, 2.75) is 69.0 Å². The second-order valence-electron chi connectivity index (χ2n) is 12.0. The fourth-order valence-corrected chi connectivity index (χ4v) is 7.50. The highest BCUT2D eigenvalue weighted by Gasteiger charge is 2.35. The molecule has 0 aromatic heterocycles. The van der Waals surface area contributed by atoms with E-state index in [2.05, 4.69) is 5.32 Å². The van der Waals surface area contributed by atoms with E-state index in [9.17, 15) is 18.0 Å². The summed E-state index contributed by atoms with van der Waals surface area (Å²) in [7, 11) is -2.63. The largest absolute Gasteiger partial charge is 0.497 e. The number of anilines is 1. The van der Waals surface area contributed by atoms with Crippen LogP contribution in [0.4, 0.5) is 5.69 Å². The van der Waals surface area contributed by atoms with Crippen molar-refractivity contribution in [1.82, 2.24) is 10.2 Å². The van der Waals surface area contributed by atoms with Gasteiger partial charge in [-0.05, 0) is 72.9 Å². The van der Waals surface area contributed by atoms with Crippen molar-refractivity contribution < 1.29 is 22.7 Å². The lowest BCUT2D eigenvalue weighted by atomic mass is 9.94. The summed E-state index contributed by atoms with van der Waals surface area (Å²) >= 11 is 0. The van der Waals surface area contributed by atoms with Gasteiger partial charge in [-0.25, -0.2) is 8.42 Å². The molecular formula is C38H43N3O5S. The molecule has 4 aromatic rings. The van der Waals surface area contributed by atoms with E-state index in [1.165, 1.54) is 19.2 Å². The molecule has 0 heterocycles. The van der Waals surface area contributed by atoms with Gasteiger partial charge >= 0.3 is 0 Å². The van der Waals surface area contributed by atoms with Crippen molar-refractivity contribution in [3.8, 4) is 5.75 Å². The fraction of sp³-hybridized carbons (Fsp3) is 0.316. The number of rotatable bonds is 13. The van der Waals surface area contributed by atoms with Crippen molar-refractivity contribution in [2.24, 2.45) is 0 Å². The maximum atomic E-state index is 14.7. The summed E-state index contributed by atoms with van der Waals surface area (Å²) < 4.78 is 34.7. The summed E-state index contributed by atoms with van der Waals surface area (Å²) in [6.07, 6.45) is 5.33. The minimum absolute atomic E-state index is 0.0409. The first-order valence-corrected chi connectivity index (χ1v) is 17.6. The van der Waals surface area contributed by atoms with Gasteiger partial charge < -0.3 is 15.0 Å². The van der Waals surface area contributed by atoms with E-state index in [-0.39, 0.29) is 29.8 Å². The molecular weight excluding hydrogens is 611 g/mol. The molecule has 1 saturated carbocycles. The average molecular weight is 654 g/mol. The number of amides is 2. The molecule has 8 nitrogen and oxygen atoms in total. The van der Waals surface area contributed by atoms with E-state index in [4.69, 9.17) is 4.74 Å².